The molecule has 3 heterocycles. The summed E-state index contributed by atoms with van der Waals surface area (Å²) >= 11 is 0. The lowest BCUT2D eigenvalue weighted by Crippen LogP contribution is -2.48. The third kappa shape index (κ3) is 5.49. The molecule has 6 heteroatoms. The second-order valence-electron chi connectivity index (χ2n) is 9.34. The zero-order valence-electron chi connectivity index (χ0n) is 19.8. The number of likely N-dealkylation sites (tertiary alicyclic amines) is 2. The van der Waals surface area contributed by atoms with E-state index >= 15 is 0 Å². The molecule has 0 radical (unpaired) electrons. The highest BCUT2D eigenvalue weighted by atomic mass is 19.1. The SMILES string of the molecule is Fc1cc(CCc2cc(N=C(N3CCCCC3)N3CCCCC3)on2)ccc1-c1ccccc1. The van der Waals surface area contributed by atoms with E-state index in [4.69, 9.17) is 9.52 Å². The Morgan fingerprint density at radius 1 is 0.824 bits per heavy atom. The summed E-state index contributed by atoms with van der Waals surface area (Å²) in [4.78, 5) is 9.74. The number of guanidine groups is 1. The molecule has 0 unspecified atom stereocenters. The topological polar surface area (TPSA) is 44.9 Å². The first kappa shape index (κ1) is 22.6. The molecule has 34 heavy (non-hydrogen) atoms. The normalized spacial score (nSPS) is 16.5. The summed E-state index contributed by atoms with van der Waals surface area (Å²) in [6.45, 7) is 4.23. The summed E-state index contributed by atoms with van der Waals surface area (Å²) < 4.78 is 20.3. The molecule has 2 aromatic carbocycles. The molecule has 0 spiro atoms. The number of aryl methyl sites for hydroxylation is 2. The summed E-state index contributed by atoms with van der Waals surface area (Å²) in [7, 11) is 0. The van der Waals surface area contributed by atoms with Gasteiger partial charge in [0.1, 0.15) is 5.82 Å². The van der Waals surface area contributed by atoms with E-state index in [0.29, 0.717) is 24.3 Å². The molecular formula is C28H33FN4O. The molecule has 5 nitrogen and oxygen atoms in total. The van der Waals surface area contributed by atoms with Crippen LogP contribution in [0, 0.1) is 5.82 Å². The van der Waals surface area contributed by atoms with Crippen LogP contribution in [0.3, 0.4) is 0 Å². The summed E-state index contributed by atoms with van der Waals surface area (Å²) in [5.41, 5.74) is 3.32. The molecule has 178 valence electrons. The molecule has 2 saturated heterocycles. The predicted molar refractivity (Wildman–Crippen MR) is 134 cm³/mol. The van der Waals surface area contributed by atoms with Crippen molar-refractivity contribution in [3.05, 3.63) is 71.7 Å². The van der Waals surface area contributed by atoms with E-state index in [1.165, 1.54) is 38.5 Å². The van der Waals surface area contributed by atoms with Crippen molar-refractivity contribution >= 4 is 11.8 Å². The van der Waals surface area contributed by atoms with Gasteiger partial charge in [-0.3, -0.25) is 0 Å². The highest BCUT2D eigenvalue weighted by Crippen LogP contribution is 2.25. The monoisotopic (exact) mass is 460 g/mol. The number of piperidine rings is 2. The van der Waals surface area contributed by atoms with Crippen LogP contribution in [0.5, 0.6) is 0 Å². The average molecular weight is 461 g/mol. The van der Waals surface area contributed by atoms with Crippen molar-refractivity contribution in [2.75, 3.05) is 26.2 Å². The van der Waals surface area contributed by atoms with Crippen LogP contribution in [0.25, 0.3) is 11.1 Å². The molecule has 2 aliphatic heterocycles. The van der Waals surface area contributed by atoms with Crippen LogP contribution in [-0.4, -0.2) is 47.1 Å². The number of aliphatic imine (C=N–C) groups is 1. The van der Waals surface area contributed by atoms with Gasteiger partial charge in [0.2, 0.25) is 5.96 Å². The number of nitrogens with zero attached hydrogens (tertiary/aromatic N) is 4. The fourth-order valence-electron chi connectivity index (χ4n) is 4.94. The Bertz CT molecular complexity index is 1080. The van der Waals surface area contributed by atoms with Crippen molar-refractivity contribution in [1.29, 1.82) is 0 Å². The van der Waals surface area contributed by atoms with E-state index in [9.17, 15) is 4.39 Å². The van der Waals surface area contributed by atoms with Gasteiger partial charge in [-0.05, 0) is 68.6 Å². The van der Waals surface area contributed by atoms with Gasteiger partial charge in [-0.15, -0.1) is 0 Å². The van der Waals surface area contributed by atoms with Crippen LogP contribution >= 0.6 is 0 Å². The van der Waals surface area contributed by atoms with Gasteiger partial charge < -0.3 is 14.3 Å². The van der Waals surface area contributed by atoms with Gasteiger partial charge in [0, 0.05) is 37.8 Å². The quantitative estimate of drug-likeness (QED) is 0.335. The van der Waals surface area contributed by atoms with E-state index < -0.39 is 0 Å². The summed E-state index contributed by atoms with van der Waals surface area (Å²) in [6, 6.07) is 17.1. The van der Waals surface area contributed by atoms with Crippen LogP contribution in [0.15, 0.2) is 64.1 Å². The lowest BCUT2D eigenvalue weighted by Gasteiger charge is -2.38. The first-order chi connectivity index (χ1) is 16.8. The third-order valence-electron chi connectivity index (χ3n) is 6.82. The van der Waals surface area contributed by atoms with Crippen molar-refractivity contribution in [2.24, 2.45) is 4.99 Å². The highest BCUT2D eigenvalue weighted by Gasteiger charge is 2.23. The molecule has 0 bridgehead atoms. The average Bonchev–Trinajstić information content (AvgIpc) is 3.35. The Morgan fingerprint density at radius 3 is 2.15 bits per heavy atom. The largest absolute Gasteiger partial charge is 0.342 e. The fraction of sp³-hybridized carbons (Fsp3) is 0.429. The summed E-state index contributed by atoms with van der Waals surface area (Å²) in [6.07, 6.45) is 8.84. The summed E-state index contributed by atoms with van der Waals surface area (Å²) in [5.74, 6) is 1.41. The van der Waals surface area contributed by atoms with Crippen molar-refractivity contribution in [3.8, 4) is 11.1 Å². The van der Waals surface area contributed by atoms with E-state index in [1.807, 2.05) is 48.5 Å². The Labute approximate surface area is 201 Å². The molecular weight excluding hydrogens is 427 g/mol. The van der Waals surface area contributed by atoms with Gasteiger partial charge >= 0.3 is 0 Å². The van der Waals surface area contributed by atoms with Gasteiger partial charge in [0.25, 0.3) is 5.88 Å². The van der Waals surface area contributed by atoms with Crippen LogP contribution in [0.4, 0.5) is 10.3 Å². The molecule has 0 amide bonds. The number of halogens is 1. The van der Waals surface area contributed by atoms with E-state index in [-0.39, 0.29) is 5.82 Å². The molecule has 3 aromatic rings. The molecule has 2 fully saturated rings. The fourth-order valence-corrected chi connectivity index (χ4v) is 4.94. The van der Waals surface area contributed by atoms with Crippen molar-refractivity contribution in [1.82, 2.24) is 15.0 Å². The first-order valence-corrected chi connectivity index (χ1v) is 12.6. The third-order valence-corrected chi connectivity index (χ3v) is 6.82. The zero-order valence-corrected chi connectivity index (χ0v) is 19.8. The molecule has 2 aliphatic rings. The maximum absolute atomic E-state index is 14.7. The number of hydrogen-bond acceptors (Lipinski definition) is 3. The lowest BCUT2D eigenvalue weighted by atomic mass is 10.0. The Kier molecular flexibility index (Phi) is 7.22. The first-order valence-electron chi connectivity index (χ1n) is 12.6. The van der Waals surface area contributed by atoms with E-state index in [1.54, 1.807) is 6.07 Å². The minimum atomic E-state index is -0.193. The highest BCUT2D eigenvalue weighted by molar-refractivity contribution is 5.82. The predicted octanol–water partition coefficient (Wildman–Crippen LogP) is 6.23. The van der Waals surface area contributed by atoms with Crippen LogP contribution in [0.1, 0.15) is 49.8 Å². The van der Waals surface area contributed by atoms with Gasteiger partial charge in [-0.1, -0.05) is 47.6 Å². The molecule has 5 rings (SSSR count). The standard InChI is InChI=1S/C28H33FN4O/c29-26-20-22(13-15-25(26)23-10-4-1-5-11-23)12-14-24-21-27(34-31-24)30-28(32-16-6-2-7-17-32)33-18-8-3-9-19-33/h1,4-5,10-11,13,15,20-21H,2-3,6-9,12,14,16-19H2. The van der Waals surface area contributed by atoms with Gasteiger partial charge in [0.05, 0.1) is 5.69 Å². The smallest absolute Gasteiger partial charge is 0.253 e. The van der Waals surface area contributed by atoms with Gasteiger partial charge in [-0.2, -0.15) is 4.99 Å². The van der Waals surface area contributed by atoms with Gasteiger partial charge in [0.15, 0.2) is 0 Å². The molecule has 0 atom stereocenters. The second-order valence-corrected chi connectivity index (χ2v) is 9.34. The van der Waals surface area contributed by atoms with E-state index in [0.717, 1.165) is 49.0 Å². The molecule has 1 aromatic heterocycles. The number of hydrogen-bond donors (Lipinski definition) is 0. The minimum Gasteiger partial charge on any atom is -0.342 e. The van der Waals surface area contributed by atoms with Crippen LogP contribution in [0.2, 0.25) is 0 Å². The van der Waals surface area contributed by atoms with Crippen molar-refractivity contribution < 1.29 is 8.91 Å². The van der Waals surface area contributed by atoms with Crippen molar-refractivity contribution in [3.63, 3.8) is 0 Å². The Hall–Kier alpha value is -3.15. The van der Waals surface area contributed by atoms with Crippen LogP contribution in [-0.2, 0) is 12.8 Å². The maximum atomic E-state index is 14.7. The zero-order chi connectivity index (χ0) is 23.2. The Morgan fingerprint density at radius 2 is 1.50 bits per heavy atom. The molecule has 0 saturated carbocycles. The Balaban J connectivity index is 1.26. The number of aromatic nitrogens is 1. The summed E-state index contributed by atoms with van der Waals surface area (Å²) in [5, 5.41) is 4.25. The lowest BCUT2D eigenvalue weighted by molar-refractivity contribution is 0.256. The second kappa shape index (κ2) is 10.9. The maximum Gasteiger partial charge on any atom is 0.253 e. The molecule has 0 aliphatic carbocycles. The van der Waals surface area contributed by atoms with Crippen molar-refractivity contribution in [2.45, 2.75) is 51.4 Å². The van der Waals surface area contributed by atoms with Gasteiger partial charge in [-0.25, -0.2) is 4.39 Å². The molecule has 0 N–H and O–H groups in total. The number of rotatable bonds is 5. The number of benzene rings is 2. The van der Waals surface area contributed by atoms with Crippen LogP contribution < -0.4 is 0 Å². The minimum absolute atomic E-state index is 0.193. The van der Waals surface area contributed by atoms with E-state index in [2.05, 4.69) is 15.0 Å².